The number of hydrogen-bond acceptors (Lipinski definition) is 5. The molecule has 0 radical (unpaired) electrons. The van der Waals surface area contributed by atoms with Gasteiger partial charge in [0.1, 0.15) is 11.5 Å². The van der Waals surface area contributed by atoms with Gasteiger partial charge in [-0.2, -0.15) is 10.4 Å². The number of nitriles is 1. The van der Waals surface area contributed by atoms with Gasteiger partial charge in [-0.05, 0) is 48.4 Å². The lowest BCUT2D eigenvalue weighted by Crippen LogP contribution is -2.24. The van der Waals surface area contributed by atoms with E-state index in [0.717, 1.165) is 22.1 Å². The van der Waals surface area contributed by atoms with E-state index in [1.54, 1.807) is 30.5 Å². The molecular weight excluding hydrogens is 378 g/mol. The lowest BCUT2D eigenvalue weighted by Gasteiger charge is -2.12. The highest BCUT2D eigenvalue weighted by atomic mass is 16.5. The van der Waals surface area contributed by atoms with E-state index in [1.165, 1.54) is 0 Å². The summed E-state index contributed by atoms with van der Waals surface area (Å²) in [7, 11) is 0. The molecule has 6 nitrogen and oxygen atoms in total. The van der Waals surface area contributed by atoms with Crippen molar-refractivity contribution in [2.45, 2.75) is 19.8 Å². The standard InChI is InChI=1S/C24H23N3O3/c1-3-29-19-12-10-18-11-13-23(30-4-2)22(20(18)14-19)16-26-27-24(28)21(15-25)17-8-6-5-7-9-17/h5-14,16,21H,3-4H2,1-2H3,(H,27,28)/b26-16-/t21-/m0/s1. The van der Waals surface area contributed by atoms with Gasteiger partial charge in [-0.3, -0.25) is 4.79 Å². The van der Waals surface area contributed by atoms with Crippen LogP contribution >= 0.6 is 0 Å². The average molecular weight is 401 g/mol. The second kappa shape index (κ2) is 10.1. The Morgan fingerprint density at radius 1 is 1.10 bits per heavy atom. The Morgan fingerprint density at radius 3 is 2.53 bits per heavy atom. The average Bonchev–Trinajstić information content (AvgIpc) is 2.76. The third-order valence-electron chi connectivity index (χ3n) is 4.50. The van der Waals surface area contributed by atoms with Crippen molar-refractivity contribution in [3.63, 3.8) is 0 Å². The molecule has 3 aromatic carbocycles. The molecule has 152 valence electrons. The van der Waals surface area contributed by atoms with Gasteiger partial charge in [0.2, 0.25) is 0 Å². The van der Waals surface area contributed by atoms with E-state index in [2.05, 4.69) is 10.5 Å². The number of benzene rings is 3. The fourth-order valence-electron chi connectivity index (χ4n) is 3.13. The summed E-state index contributed by atoms with van der Waals surface area (Å²) in [4.78, 5) is 12.5. The van der Waals surface area contributed by atoms with E-state index in [4.69, 9.17) is 9.47 Å². The normalized spacial score (nSPS) is 11.8. The zero-order valence-corrected chi connectivity index (χ0v) is 17.0. The van der Waals surface area contributed by atoms with Crippen LogP contribution in [0.2, 0.25) is 0 Å². The molecule has 30 heavy (non-hydrogen) atoms. The molecule has 0 fully saturated rings. The summed E-state index contributed by atoms with van der Waals surface area (Å²) in [6.45, 7) is 4.89. The molecule has 1 N–H and O–H groups in total. The van der Waals surface area contributed by atoms with Crippen molar-refractivity contribution in [3.05, 3.63) is 71.8 Å². The molecule has 3 aromatic rings. The van der Waals surface area contributed by atoms with Crippen molar-refractivity contribution in [1.29, 1.82) is 5.26 Å². The Kier molecular flexibility index (Phi) is 7.01. The highest BCUT2D eigenvalue weighted by Crippen LogP contribution is 2.30. The molecule has 0 aliphatic rings. The Hall–Kier alpha value is -3.85. The Bertz CT molecular complexity index is 1080. The van der Waals surface area contributed by atoms with Crippen molar-refractivity contribution in [1.82, 2.24) is 5.43 Å². The molecule has 0 unspecified atom stereocenters. The molecule has 6 heteroatoms. The number of carbonyl (C=O) groups excluding carboxylic acids is 1. The number of hydrazone groups is 1. The monoisotopic (exact) mass is 401 g/mol. The molecule has 0 saturated carbocycles. The number of amides is 1. The maximum atomic E-state index is 12.5. The van der Waals surface area contributed by atoms with Gasteiger partial charge < -0.3 is 9.47 Å². The van der Waals surface area contributed by atoms with Crippen LogP contribution in [0, 0.1) is 11.3 Å². The minimum absolute atomic E-state index is 0.492. The van der Waals surface area contributed by atoms with Crippen LogP contribution in [0.3, 0.4) is 0 Å². The van der Waals surface area contributed by atoms with Crippen LogP contribution in [0.1, 0.15) is 30.9 Å². The number of nitrogens with one attached hydrogen (secondary N) is 1. The molecule has 1 amide bonds. The molecule has 0 aromatic heterocycles. The van der Waals surface area contributed by atoms with Gasteiger partial charge in [0.05, 0.1) is 25.5 Å². The number of carbonyl (C=O) groups is 1. The molecule has 0 heterocycles. The fraction of sp³-hybridized carbons (Fsp3) is 0.208. The van der Waals surface area contributed by atoms with E-state index >= 15 is 0 Å². The third-order valence-corrected chi connectivity index (χ3v) is 4.50. The first-order valence-electron chi connectivity index (χ1n) is 9.77. The summed E-state index contributed by atoms with van der Waals surface area (Å²) in [5.41, 5.74) is 3.82. The smallest absolute Gasteiger partial charge is 0.261 e. The molecule has 0 aliphatic heterocycles. The van der Waals surface area contributed by atoms with Gasteiger partial charge in [0.15, 0.2) is 5.92 Å². The van der Waals surface area contributed by atoms with Crippen molar-refractivity contribution in [2.75, 3.05) is 13.2 Å². The highest BCUT2D eigenvalue weighted by molar-refractivity contribution is 6.03. The minimum Gasteiger partial charge on any atom is -0.494 e. The highest BCUT2D eigenvalue weighted by Gasteiger charge is 2.19. The van der Waals surface area contributed by atoms with Crippen LogP contribution in [-0.2, 0) is 4.79 Å². The summed E-state index contributed by atoms with van der Waals surface area (Å²) in [6.07, 6.45) is 1.54. The first-order valence-corrected chi connectivity index (χ1v) is 9.77. The number of fused-ring (bicyclic) bond motifs is 1. The zero-order chi connectivity index (χ0) is 21.3. The lowest BCUT2D eigenvalue weighted by atomic mass is 10.0. The third kappa shape index (κ3) is 4.76. The molecular formula is C24H23N3O3. The maximum absolute atomic E-state index is 12.5. The summed E-state index contributed by atoms with van der Waals surface area (Å²) in [6, 6.07) is 20.5. The zero-order valence-electron chi connectivity index (χ0n) is 17.0. The number of rotatable bonds is 8. The summed E-state index contributed by atoms with van der Waals surface area (Å²) >= 11 is 0. The first-order chi connectivity index (χ1) is 14.7. The van der Waals surface area contributed by atoms with Gasteiger partial charge in [0, 0.05) is 5.56 Å². The summed E-state index contributed by atoms with van der Waals surface area (Å²) in [5, 5.41) is 15.4. The van der Waals surface area contributed by atoms with Crippen LogP contribution in [0.25, 0.3) is 10.8 Å². The summed E-state index contributed by atoms with van der Waals surface area (Å²) in [5.74, 6) is -0.0394. The molecule has 0 bridgehead atoms. The molecule has 0 saturated heterocycles. The summed E-state index contributed by atoms with van der Waals surface area (Å²) < 4.78 is 11.4. The van der Waals surface area contributed by atoms with E-state index in [1.807, 2.05) is 56.3 Å². The Morgan fingerprint density at radius 2 is 1.83 bits per heavy atom. The van der Waals surface area contributed by atoms with Gasteiger partial charge in [0.25, 0.3) is 5.91 Å². The van der Waals surface area contributed by atoms with Crippen LogP contribution in [0.5, 0.6) is 11.5 Å². The van der Waals surface area contributed by atoms with E-state index < -0.39 is 11.8 Å². The fourth-order valence-corrected chi connectivity index (χ4v) is 3.13. The SMILES string of the molecule is CCOc1ccc2ccc(OCC)c(/C=N\NC(=O)[C@@H](C#N)c3ccccc3)c2c1. The second-order valence-electron chi connectivity index (χ2n) is 6.43. The molecule has 0 aliphatic carbocycles. The van der Waals surface area contributed by atoms with Gasteiger partial charge in [-0.15, -0.1) is 0 Å². The van der Waals surface area contributed by atoms with E-state index in [-0.39, 0.29) is 0 Å². The van der Waals surface area contributed by atoms with E-state index in [9.17, 15) is 10.1 Å². The van der Waals surface area contributed by atoms with Crippen molar-refractivity contribution >= 4 is 22.9 Å². The van der Waals surface area contributed by atoms with Gasteiger partial charge in [-0.1, -0.05) is 42.5 Å². The second-order valence-corrected chi connectivity index (χ2v) is 6.43. The number of hydrogen-bond donors (Lipinski definition) is 1. The largest absolute Gasteiger partial charge is 0.494 e. The topological polar surface area (TPSA) is 83.7 Å². The first kappa shape index (κ1) is 20.9. The van der Waals surface area contributed by atoms with E-state index in [0.29, 0.717) is 24.5 Å². The quantitative estimate of drug-likeness (QED) is 0.448. The lowest BCUT2D eigenvalue weighted by molar-refractivity contribution is -0.121. The van der Waals surface area contributed by atoms with Crippen LogP contribution < -0.4 is 14.9 Å². The van der Waals surface area contributed by atoms with Crippen molar-refractivity contribution in [3.8, 4) is 17.6 Å². The molecule has 0 spiro atoms. The van der Waals surface area contributed by atoms with Gasteiger partial charge in [-0.25, -0.2) is 5.43 Å². The maximum Gasteiger partial charge on any atom is 0.261 e. The Labute approximate surface area is 175 Å². The predicted molar refractivity (Wildman–Crippen MR) is 117 cm³/mol. The predicted octanol–water partition coefficient (Wildman–Crippen LogP) is 4.39. The minimum atomic E-state index is -0.938. The van der Waals surface area contributed by atoms with Crippen molar-refractivity contribution in [2.24, 2.45) is 5.10 Å². The number of ether oxygens (including phenoxy) is 2. The van der Waals surface area contributed by atoms with Crippen molar-refractivity contribution < 1.29 is 14.3 Å². The van der Waals surface area contributed by atoms with Gasteiger partial charge >= 0.3 is 0 Å². The molecule has 1 atom stereocenters. The Balaban J connectivity index is 1.90. The van der Waals surface area contributed by atoms with Crippen LogP contribution in [-0.4, -0.2) is 25.3 Å². The molecule has 3 rings (SSSR count). The van der Waals surface area contributed by atoms with Crippen LogP contribution in [0.4, 0.5) is 0 Å². The van der Waals surface area contributed by atoms with Crippen LogP contribution in [0.15, 0.2) is 65.8 Å². The number of nitrogens with zero attached hydrogens (tertiary/aromatic N) is 2.